The van der Waals surface area contributed by atoms with Crippen LogP contribution in [0.1, 0.15) is 30.7 Å². The van der Waals surface area contributed by atoms with E-state index in [2.05, 4.69) is 17.1 Å². The van der Waals surface area contributed by atoms with Gasteiger partial charge in [0.15, 0.2) is 12.0 Å². The predicted octanol–water partition coefficient (Wildman–Crippen LogP) is 3.91. The SMILES string of the molecule is N/C(=C/C=[NH2+])c1[nH]c(C2=CCC3(CC2)OCCO3)cc1-c1ccc(Oc2ccccc2)cc1. The summed E-state index contributed by atoms with van der Waals surface area (Å²) in [6, 6.07) is 19.9. The molecule has 0 unspecified atom stereocenters. The molecule has 0 atom stereocenters. The molecule has 1 aliphatic carbocycles. The van der Waals surface area contributed by atoms with Crippen LogP contribution in [0, 0.1) is 0 Å². The molecule has 6 nitrogen and oxygen atoms in total. The Hall–Kier alpha value is -3.61. The van der Waals surface area contributed by atoms with Crippen LogP contribution in [0.4, 0.5) is 0 Å². The number of rotatable bonds is 6. The summed E-state index contributed by atoms with van der Waals surface area (Å²) in [7, 11) is 0. The normalized spacial score (nSPS) is 17.7. The van der Waals surface area contributed by atoms with E-state index in [1.807, 2.05) is 54.6 Å². The first-order valence-corrected chi connectivity index (χ1v) is 11.2. The first-order chi connectivity index (χ1) is 16.2. The Morgan fingerprint density at radius 2 is 1.76 bits per heavy atom. The molecule has 6 heteroatoms. The van der Waals surface area contributed by atoms with Crippen molar-refractivity contribution in [2.24, 2.45) is 5.73 Å². The van der Waals surface area contributed by atoms with Crippen molar-refractivity contribution in [1.29, 1.82) is 0 Å². The van der Waals surface area contributed by atoms with Crippen LogP contribution in [-0.2, 0) is 9.47 Å². The molecule has 1 fully saturated rings. The molecule has 1 aliphatic heterocycles. The third kappa shape index (κ3) is 4.49. The van der Waals surface area contributed by atoms with Gasteiger partial charge in [0.2, 0.25) is 0 Å². The number of benzene rings is 2. The standard InChI is InChI=1S/C27H27N3O3/c28-15-12-24(29)26-23(19-6-8-22(9-7-19)33-21-4-2-1-3-5-21)18-25(30-26)20-10-13-27(14-11-20)31-16-17-32-27/h1-10,12,15,18,28,30H,11,13-14,16-17,29H2/p+1/b24-12+,28-15?. The summed E-state index contributed by atoms with van der Waals surface area (Å²) in [6.07, 6.45) is 7.83. The molecule has 1 spiro atoms. The molecule has 1 aromatic heterocycles. The van der Waals surface area contributed by atoms with Crippen molar-refractivity contribution >= 4 is 17.5 Å². The van der Waals surface area contributed by atoms with Gasteiger partial charge in [0.05, 0.1) is 24.6 Å². The fourth-order valence-corrected chi connectivity index (χ4v) is 4.41. The lowest BCUT2D eigenvalue weighted by Crippen LogP contribution is -2.31. The zero-order valence-electron chi connectivity index (χ0n) is 18.4. The fourth-order valence-electron chi connectivity index (χ4n) is 4.41. The van der Waals surface area contributed by atoms with E-state index in [0.29, 0.717) is 18.9 Å². The third-order valence-electron chi connectivity index (χ3n) is 6.12. The number of aromatic amines is 1. The van der Waals surface area contributed by atoms with E-state index in [1.54, 1.807) is 6.08 Å². The summed E-state index contributed by atoms with van der Waals surface area (Å²) in [6.45, 7) is 1.34. The second kappa shape index (κ2) is 9.10. The van der Waals surface area contributed by atoms with E-state index in [9.17, 15) is 0 Å². The van der Waals surface area contributed by atoms with Gasteiger partial charge in [-0.25, -0.2) is 0 Å². The van der Waals surface area contributed by atoms with Crippen LogP contribution >= 0.6 is 0 Å². The molecular weight excluding hydrogens is 414 g/mol. The molecule has 1 saturated heterocycles. The van der Waals surface area contributed by atoms with Gasteiger partial charge in [0, 0.05) is 30.2 Å². The Labute approximate surface area is 193 Å². The highest BCUT2D eigenvalue weighted by Crippen LogP contribution is 2.40. The first kappa shape index (κ1) is 21.2. The molecule has 0 amide bonds. The Morgan fingerprint density at radius 3 is 2.42 bits per heavy atom. The lowest BCUT2D eigenvalue weighted by atomic mass is 9.92. The van der Waals surface area contributed by atoms with E-state index < -0.39 is 5.79 Å². The van der Waals surface area contributed by atoms with Crippen molar-refractivity contribution in [2.45, 2.75) is 25.0 Å². The molecule has 3 aromatic rings. The monoisotopic (exact) mass is 442 g/mol. The van der Waals surface area contributed by atoms with Gasteiger partial charge in [0.25, 0.3) is 0 Å². The Bertz CT molecular complexity index is 1190. The highest BCUT2D eigenvalue weighted by Gasteiger charge is 2.38. The fraction of sp³-hybridized carbons (Fsp3) is 0.222. The number of nitrogens with two attached hydrogens (primary N) is 2. The number of aromatic nitrogens is 1. The predicted molar refractivity (Wildman–Crippen MR) is 129 cm³/mol. The number of ether oxygens (including phenoxy) is 3. The van der Waals surface area contributed by atoms with E-state index in [1.165, 1.54) is 11.8 Å². The van der Waals surface area contributed by atoms with Crippen molar-refractivity contribution in [3.8, 4) is 22.6 Å². The molecule has 5 rings (SSSR count). The minimum absolute atomic E-state index is 0.441. The maximum atomic E-state index is 6.35. The topological polar surface area (TPSA) is 95.1 Å². The van der Waals surface area contributed by atoms with Gasteiger partial charge in [-0.3, -0.25) is 5.41 Å². The van der Waals surface area contributed by atoms with Crippen LogP contribution in [0.15, 0.2) is 72.8 Å². The smallest absolute Gasteiger partial charge is 0.172 e. The second-order valence-corrected chi connectivity index (χ2v) is 8.27. The van der Waals surface area contributed by atoms with Crippen LogP contribution in [0.3, 0.4) is 0 Å². The van der Waals surface area contributed by atoms with E-state index in [4.69, 9.17) is 25.4 Å². The van der Waals surface area contributed by atoms with E-state index in [0.717, 1.165) is 53.3 Å². The van der Waals surface area contributed by atoms with Gasteiger partial charge < -0.3 is 24.9 Å². The van der Waals surface area contributed by atoms with Crippen LogP contribution in [-0.4, -0.2) is 30.2 Å². The third-order valence-corrected chi connectivity index (χ3v) is 6.12. The molecule has 168 valence electrons. The minimum Gasteiger partial charge on any atom is -0.457 e. The maximum Gasteiger partial charge on any atom is 0.172 e. The summed E-state index contributed by atoms with van der Waals surface area (Å²) in [5, 5.41) is 5.61. The van der Waals surface area contributed by atoms with Gasteiger partial charge >= 0.3 is 0 Å². The quantitative estimate of drug-likeness (QED) is 0.505. The zero-order chi connectivity index (χ0) is 22.7. The van der Waals surface area contributed by atoms with Gasteiger partial charge in [-0.15, -0.1) is 0 Å². The van der Waals surface area contributed by atoms with Crippen LogP contribution in [0.25, 0.3) is 22.4 Å². The highest BCUT2D eigenvalue weighted by molar-refractivity contribution is 5.87. The first-order valence-electron chi connectivity index (χ1n) is 11.2. The summed E-state index contributed by atoms with van der Waals surface area (Å²) < 4.78 is 17.6. The Kier molecular flexibility index (Phi) is 5.86. The van der Waals surface area contributed by atoms with Gasteiger partial charge in [0.1, 0.15) is 11.5 Å². The average Bonchev–Trinajstić information content (AvgIpc) is 3.49. The van der Waals surface area contributed by atoms with E-state index >= 15 is 0 Å². The van der Waals surface area contributed by atoms with Crippen LogP contribution in [0.5, 0.6) is 11.5 Å². The van der Waals surface area contributed by atoms with Gasteiger partial charge in [-0.05, 0) is 47.9 Å². The average molecular weight is 443 g/mol. The molecule has 2 aliphatic rings. The largest absolute Gasteiger partial charge is 0.457 e. The van der Waals surface area contributed by atoms with Gasteiger partial charge in [-0.1, -0.05) is 36.4 Å². The lowest BCUT2D eigenvalue weighted by molar-refractivity contribution is -0.159. The molecule has 0 bridgehead atoms. The molecule has 0 saturated carbocycles. The Morgan fingerprint density at radius 1 is 1.03 bits per heavy atom. The maximum absolute atomic E-state index is 6.35. The summed E-state index contributed by atoms with van der Waals surface area (Å²) >= 11 is 0. The minimum atomic E-state index is -0.441. The van der Waals surface area contributed by atoms with Crippen LogP contribution < -0.4 is 15.9 Å². The number of hydrogen-bond donors (Lipinski definition) is 3. The number of H-pyrrole nitrogens is 1. The molecule has 2 aromatic carbocycles. The van der Waals surface area contributed by atoms with Gasteiger partial charge in [-0.2, -0.15) is 0 Å². The van der Waals surface area contributed by atoms with Crippen molar-refractivity contribution in [3.63, 3.8) is 0 Å². The molecule has 0 radical (unpaired) electrons. The zero-order valence-corrected chi connectivity index (χ0v) is 18.4. The molecular formula is C27H28N3O3+. The summed E-state index contributed by atoms with van der Waals surface area (Å²) in [5.41, 5.74) is 12.1. The molecule has 2 heterocycles. The molecule has 5 N–H and O–H groups in total. The second-order valence-electron chi connectivity index (χ2n) is 8.27. The van der Waals surface area contributed by atoms with Crippen molar-refractivity contribution in [3.05, 3.63) is 84.2 Å². The highest BCUT2D eigenvalue weighted by atomic mass is 16.7. The lowest BCUT2D eigenvalue weighted by Gasteiger charge is -2.30. The number of hydrogen-bond acceptors (Lipinski definition) is 4. The summed E-state index contributed by atoms with van der Waals surface area (Å²) in [5.74, 6) is 1.14. The van der Waals surface area contributed by atoms with Crippen molar-refractivity contribution in [2.75, 3.05) is 13.2 Å². The molecule has 33 heavy (non-hydrogen) atoms. The Balaban J connectivity index is 1.44. The van der Waals surface area contributed by atoms with Crippen molar-refractivity contribution < 1.29 is 19.6 Å². The van der Waals surface area contributed by atoms with Crippen molar-refractivity contribution in [1.82, 2.24) is 4.98 Å². The summed E-state index contributed by atoms with van der Waals surface area (Å²) in [4.78, 5) is 3.52. The number of allylic oxidation sites excluding steroid dienone is 2. The number of para-hydroxylation sites is 1. The van der Waals surface area contributed by atoms with E-state index in [-0.39, 0.29) is 0 Å². The van der Waals surface area contributed by atoms with Crippen LogP contribution in [0.2, 0.25) is 0 Å². The number of nitrogens with one attached hydrogen (secondary N) is 1.